The second-order valence-corrected chi connectivity index (χ2v) is 7.19. The molecule has 3 aromatic rings. The summed E-state index contributed by atoms with van der Waals surface area (Å²) in [4.78, 5) is 17.0. The van der Waals surface area contributed by atoms with E-state index in [0.717, 1.165) is 5.56 Å². The van der Waals surface area contributed by atoms with E-state index in [-0.39, 0.29) is 0 Å². The van der Waals surface area contributed by atoms with Crippen LogP contribution >= 0.6 is 11.6 Å². The number of anilines is 1. The molecule has 0 bridgehead atoms. The summed E-state index contributed by atoms with van der Waals surface area (Å²) in [6, 6.07) is 12.0. The Hall–Kier alpha value is -3.52. The molecule has 2 aromatic carbocycles. The van der Waals surface area contributed by atoms with E-state index in [4.69, 9.17) is 26.8 Å². The lowest BCUT2D eigenvalue weighted by Crippen LogP contribution is -2.32. The number of primary amides is 1. The van der Waals surface area contributed by atoms with Gasteiger partial charge in [-0.1, -0.05) is 11.6 Å². The molecule has 1 aliphatic rings. The normalized spacial score (nSPS) is 15.4. The van der Waals surface area contributed by atoms with E-state index in [1.807, 2.05) is 18.2 Å². The summed E-state index contributed by atoms with van der Waals surface area (Å²) >= 11 is 5.99. The van der Waals surface area contributed by atoms with E-state index in [0.29, 0.717) is 45.1 Å². The van der Waals surface area contributed by atoms with Crippen molar-refractivity contribution in [2.75, 3.05) is 19.5 Å². The molecule has 9 heteroatoms. The predicted octanol–water partition coefficient (Wildman–Crippen LogP) is 3.39. The number of nitrogens with zero attached hydrogens (tertiary/aromatic N) is 3. The Labute approximate surface area is 178 Å². The van der Waals surface area contributed by atoms with Crippen molar-refractivity contribution >= 4 is 23.5 Å². The number of benzene rings is 2. The first-order chi connectivity index (χ1) is 14.4. The van der Waals surface area contributed by atoms with Crippen LogP contribution in [-0.4, -0.2) is 34.9 Å². The lowest BCUT2D eigenvalue weighted by molar-refractivity contribution is -0.115. The largest absolute Gasteiger partial charge is 0.497 e. The highest BCUT2D eigenvalue weighted by Gasteiger charge is 2.35. The molecule has 30 heavy (non-hydrogen) atoms. The molecule has 0 aliphatic carbocycles. The first kappa shape index (κ1) is 19.8. The highest BCUT2D eigenvalue weighted by Crippen LogP contribution is 2.40. The highest BCUT2D eigenvalue weighted by molar-refractivity contribution is 6.30. The molecule has 1 unspecified atom stereocenters. The Bertz CT molecular complexity index is 1150. The van der Waals surface area contributed by atoms with Gasteiger partial charge in [-0.05, 0) is 43.3 Å². The quantitative estimate of drug-likeness (QED) is 0.649. The minimum atomic E-state index is -0.617. The van der Waals surface area contributed by atoms with Gasteiger partial charge in [0.05, 0.1) is 19.8 Å². The van der Waals surface area contributed by atoms with Gasteiger partial charge in [-0.25, -0.2) is 4.68 Å². The van der Waals surface area contributed by atoms with Crippen LogP contribution in [0.3, 0.4) is 0 Å². The molecule has 4 rings (SSSR count). The van der Waals surface area contributed by atoms with E-state index in [1.165, 1.54) is 0 Å². The first-order valence-corrected chi connectivity index (χ1v) is 9.52. The molecule has 3 N–H and O–H groups in total. The Morgan fingerprint density at radius 1 is 1.17 bits per heavy atom. The number of nitrogens with one attached hydrogen (secondary N) is 1. The van der Waals surface area contributed by atoms with Crippen molar-refractivity contribution in [2.45, 2.75) is 13.0 Å². The maximum absolute atomic E-state index is 12.4. The van der Waals surface area contributed by atoms with Crippen LogP contribution in [0, 0.1) is 0 Å². The van der Waals surface area contributed by atoms with Crippen LogP contribution in [0.1, 0.15) is 18.5 Å². The molecule has 0 saturated heterocycles. The van der Waals surface area contributed by atoms with Crippen LogP contribution in [0.5, 0.6) is 11.5 Å². The smallest absolute Gasteiger partial charge is 0.248 e. The lowest BCUT2D eigenvalue weighted by Gasteiger charge is -2.28. The summed E-state index contributed by atoms with van der Waals surface area (Å²) in [6.07, 6.45) is 0. The van der Waals surface area contributed by atoms with Gasteiger partial charge >= 0.3 is 0 Å². The highest BCUT2D eigenvalue weighted by atomic mass is 35.5. The first-order valence-electron chi connectivity index (χ1n) is 9.15. The number of carbonyl (C=O) groups excluding carboxylic acids is 1. The molecule has 0 saturated carbocycles. The molecule has 0 fully saturated rings. The monoisotopic (exact) mass is 425 g/mol. The maximum Gasteiger partial charge on any atom is 0.248 e. The third-order valence-electron chi connectivity index (χ3n) is 4.96. The van der Waals surface area contributed by atoms with E-state index < -0.39 is 11.9 Å². The number of fused-ring (bicyclic) bond motifs is 1. The van der Waals surface area contributed by atoms with Gasteiger partial charge in [0.1, 0.15) is 17.5 Å². The van der Waals surface area contributed by atoms with Crippen molar-refractivity contribution in [2.24, 2.45) is 5.73 Å². The molecular weight excluding hydrogens is 406 g/mol. The summed E-state index contributed by atoms with van der Waals surface area (Å²) in [5.74, 6) is 1.60. The zero-order valence-corrected chi connectivity index (χ0v) is 17.4. The Balaban J connectivity index is 1.90. The zero-order valence-electron chi connectivity index (χ0n) is 16.6. The van der Waals surface area contributed by atoms with Gasteiger partial charge in [-0.2, -0.15) is 4.98 Å². The number of halogens is 1. The summed E-state index contributed by atoms with van der Waals surface area (Å²) in [5, 5.41) is 8.41. The van der Waals surface area contributed by atoms with Crippen LogP contribution in [-0.2, 0) is 4.79 Å². The molecule has 0 spiro atoms. The molecule has 1 aliphatic heterocycles. The van der Waals surface area contributed by atoms with Gasteiger partial charge < -0.3 is 20.5 Å². The fourth-order valence-corrected chi connectivity index (χ4v) is 3.65. The number of hydrogen-bond acceptors (Lipinski definition) is 6. The van der Waals surface area contributed by atoms with Gasteiger partial charge in [0.25, 0.3) is 0 Å². The number of allylic oxidation sites excluding steroid dienone is 1. The third-order valence-corrected chi connectivity index (χ3v) is 5.21. The number of nitrogens with two attached hydrogens (primary N) is 1. The molecule has 8 nitrogen and oxygen atoms in total. The molecule has 1 amide bonds. The second-order valence-electron chi connectivity index (χ2n) is 6.75. The molecule has 1 aromatic heterocycles. The Kier molecular flexibility index (Phi) is 5.09. The van der Waals surface area contributed by atoms with Crippen LogP contribution in [0.4, 0.5) is 5.95 Å². The van der Waals surface area contributed by atoms with Gasteiger partial charge in [-0.3, -0.25) is 4.79 Å². The number of rotatable bonds is 5. The van der Waals surface area contributed by atoms with Crippen molar-refractivity contribution in [3.05, 3.63) is 64.3 Å². The van der Waals surface area contributed by atoms with E-state index in [9.17, 15) is 4.79 Å². The predicted molar refractivity (Wildman–Crippen MR) is 114 cm³/mol. The van der Waals surface area contributed by atoms with Crippen LogP contribution < -0.4 is 20.5 Å². The van der Waals surface area contributed by atoms with Crippen molar-refractivity contribution < 1.29 is 14.3 Å². The Morgan fingerprint density at radius 2 is 1.90 bits per heavy atom. The Morgan fingerprint density at radius 3 is 2.53 bits per heavy atom. The summed E-state index contributed by atoms with van der Waals surface area (Å²) in [6.45, 7) is 1.78. The van der Waals surface area contributed by atoms with Gasteiger partial charge in [0.2, 0.25) is 11.9 Å². The van der Waals surface area contributed by atoms with Crippen LogP contribution in [0.15, 0.2) is 53.7 Å². The van der Waals surface area contributed by atoms with Crippen molar-refractivity contribution in [3.8, 4) is 22.9 Å². The number of hydrogen-bond donors (Lipinski definition) is 2. The van der Waals surface area contributed by atoms with Crippen LogP contribution in [0.25, 0.3) is 11.4 Å². The molecular formula is C21H20ClN5O3. The lowest BCUT2D eigenvalue weighted by atomic mass is 9.94. The van der Waals surface area contributed by atoms with E-state index in [2.05, 4.69) is 15.4 Å². The van der Waals surface area contributed by atoms with Crippen molar-refractivity contribution in [3.63, 3.8) is 0 Å². The van der Waals surface area contributed by atoms with Crippen molar-refractivity contribution in [1.29, 1.82) is 0 Å². The van der Waals surface area contributed by atoms with E-state index >= 15 is 0 Å². The third kappa shape index (κ3) is 3.35. The van der Waals surface area contributed by atoms with Gasteiger partial charge in [-0.15, -0.1) is 5.10 Å². The average Bonchev–Trinajstić information content (AvgIpc) is 3.16. The number of methoxy groups -OCH3 is 2. The summed E-state index contributed by atoms with van der Waals surface area (Å²) in [7, 11) is 3.13. The molecule has 2 heterocycles. The SMILES string of the molecule is COc1ccc(C2C(C(N)=O)=C(C)Nc3nc(-c4ccc(Cl)cc4)nn32)c(OC)c1. The number of carbonyl (C=O) groups is 1. The van der Waals surface area contributed by atoms with Gasteiger partial charge in [0.15, 0.2) is 5.82 Å². The standard InChI is InChI=1S/C21H20ClN5O3/c1-11-17(19(23)28)18(15-9-8-14(29-2)10-16(15)30-3)27-21(24-11)25-20(26-27)12-4-6-13(22)7-5-12/h4-10,18H,1-3H3,(H2,23,28)(H,24,25,26). The number of ether oxygens (including phenoxy) is 2. The summed E-state index contributed by atoms with van der Waals surface area (Å²) < 4.78 is 12.5. The topological polar surface area (TPSA) is 104 Å². The fraction of sp³-hybridized carbons (Fsp3) is 0.190. The molecule has 1 atom stereocenters. The average molecular weight is 426 g/mol. The van der Waals surface area contributed by atoms with E-state index in [1.54, 1.807) is 50.1 Å². The maximum atomic E-state index is 12.4. The second kappa shape index (κ2) is 7.72. The summed E-state index contributed by atoms with van der Waals surface area (Å²) in [5.41, 5.74) is 8.23. The van der Waals surface area contributed by atoms with Gasteiger partial charge in [0, 0.05) is 27.9 Å². The molecule has 0 radical (unpaired) electrons. The minimum Gasteiger partial charge on any atom is -0.497 e. The number of aromatic nitrogens is 3. The zero-order chi connectivity index (χ0) is 21.4. The fourth-order valence-electron chi connectivity index (χ4n) is 3.52. The van der Waals surface area contributed by atoms with Crippen LogP contribution in [0.2, 0.25) is 5.02 Å². The minimum absolute atomic E-state index is 0.374. The number of amides is 1. The molecule has 154 valence electrons. The van der Waals surface area contributed by atoms with Crippen molar-refractivity contribution in [1.82, 2.24) is 14.8 Å².